The number of aromatic amines is 1. The smallest absolute Gasteiger partial charge is 0.240 e. The van der Waals surface area contributed by atoms with Crippen molar-refractivity contribution in [3.63, 3.8) is 0 Å². The van der Waals surface area contributed by atoms with Crippen LogP contribution in [0.3, 0.4) is 0 Å². The van der Waals surface area contributed by atoms with E-state index in [0.717, 1.165) is 17.3 Å². The minimum atomic E-state index is -0.542. The number of hydrogen-bond acceptors (Lipinski definition) is 6. The summed E-state index contributed by atoms with van der Waals surface area (Å²) in [6, 6.07) is 13.5. The van der Waals surface area contributed by atoms with Gasteiger partial charge in [-0.1, -0.05) is 53.7 Å². The van der Waals surface area contributed by atoms with E-state index in [1.165, 1.54) is 18.2 Å². The van der Waals surface area contributed by atoms with Gasteiger partial charge in [0.2, 0.25) is 17.0 Å². The van der Waals surface area contributed by atoms with E-state index in [9.17, 15) is 9.18 Å². The van der Waals surface area contributed by atoms with Crippen LogP contribution >= 0.6 is 23.4 Å². The summed E-state index contributed by atoms with van der Waals surface area (Å²) in [4.78, 5) is 16.1. The number of amides is 1. The van der Waals surface area contributed by atoms with Crippen molar-refractivity contribution in [3.8, 4) is 0 Å². The fourth-order valence-electron chi connectivity index (χ4n) is 1.97. The molecule has 0 fully saturated rings. The van der Waals surface area contributed by atoms with Gasteiger partial charge in [-0.05, 0) is 23.8 Å². The van der Waals surface area contributed by atoms with Gasteiger partial charge in [-0.3, -0.25) is 4.79 Å². The maximum absolute atomic E-state index is 13.1. The fourth-order valence-corrected chi connectivity index (χ4v) is 2.75. The minimum absolute atomic E-state index is 0.0544. The Hall–Kier alpha value is -2.91. The summed E-state index contributed by atoms with van der Waals surface area (Å²) in [5.41, 5.74) is 4.09. The van der Waals surface area contributed by atoms with Crippen molar-refractivity contribution < 1.29 is 9.18 Å². The van der Waals surface area contributed by atoms with Crippen LogP contribution in [0.2, 0.25) is 5.02 Å². The fraction of sp³-hybridized carbons (Fsp3) is 0.0588. The molecule has 0 saturated heterocycles. The Labute approximate surface area is 163 Å². The molecule has 0 aliphatic rings. The first-order valence-electron chi connectivity index (χ1n) is 7.74. The van der Waals surface area contributed by atoms with Crippen molar-refractivity contribution in [2.75, 3.05) is 16.5 Å². The van der Waals surface area contributed by atoms with E-state index in [-0.39, 0.29) is 16.7 Å². The van der Waals surface area contributed by atoms with Crippen LogP contribution in [0.25, 0.3) is 0 Å². The molecule has 0 unspecified atom stereocenters. The second-order valence-corrected chi connectivity index (χ2v) is 6.56. The van der Waals surface area contributed by atoms with Crippen LogP contribution in [0.15, 0.2) is 58.8 Å². The highest BCUT2D eigenvalue weighted by atomic mass is 35.5. The third kappa shape index (κ3) is 5.80. The molecule has 0 aliphatic heterocycles. The lowest BCUT2D eigenvalue weighted by Gasteiger charge is -2.04. The number of hydrogen-bond donors (Lipinski definition) is 3. The lowest BCUT2D eigenvalue weighted by atomic mass is 10.2. The number of carbonyl (C=O) groups is 1. The standard InChI is InChI=1S/C17H14ClFN6OS/c18-13-8-12(6-7-14(13)19)21-15(26)10-27-17-22-16(24-25-17)23-20-9-11-4-2-1-3-5-11/h1-9H,10H2,(H,21,26)(H2,22,23,24,25)/b20-9-. The van der Waals surface area contributed by atoms with Crippen LogP contribution in [-0.2, 0) is 4.79 Å². The number of aromatic nitrogens is 3. The number of carbonyl (C=O) groups excluding carboxylic acids is 1. The first-order valence-corrected chi connectivity index (χ1v) is 9.11. The first-order chi connectivity index (χ1) is 13.1. The van der Waals surface area contributed by atoms with Gasteiger partial charge in [0.1, 0.15) is 5.82 Å². The summed E-state index contributed by atoms with van der Waals surface area (Å²) in [5.74, 6) is -0.390. The molecule has 3 N–H and O–H groups in total. The molecule has 138 valence electrons. The summed E-state index contributed by atoms with van der Waals surface area (Å²) in [5, 5.41) is 13.7. The number of hydrazone groups is 1. The molecule has 0 aliphatic carbocycles. The number of nitrogens with zero attached hydrogens (tertiary/aromatic N) is 3. The van der Waals surface area contributed by atoms with Crippen molar-refractivity contribution in [1.82, 2.24) is 15.2 Å². The van der Waals surface area contributed by atoms with E-state index >= 15 is 0 Å². The number of halogens is 2. The van der Waals surface area contributed by atoms with Crippen LogP contribution in [0.4, 0.5) is 16.0 Å². The van der Waals surface area contributed by atoms with Crippen LogP contribution in [0.1, 0.15) is 5.56 Å². The average Bonchev–Trinajstić information content (AvgIpc) is 3.12. The molecule has 3 rings (SSSR count). The Kier molecular flexibility index (Phi) is 6.39. The highest BCUT2D eigenvalue weighted by molar-refractivity contribution is 7.99. The van der Waals surface area contributed by atoms with Gasteiger partial charge >= 0.3 is 0 Å². The summed E-state index contributed by atoms with van der Waals surface area (Å²) < 4.78 is 13.1. The molecule has 0 bridgehead atoms. The largest absolute Gasteiger partial charge is 0.325 e. The predicted octanol–water partition coefficient (Wildman–Crippen LogP) is 3.77. The van der Waals surface area contributed by atoms with Crippen LogP contribution < -0.4 is 10.7 Å². The molecule has 2 aromatic carbocycles. The van der Waals surface area contributed by atoms with Crippen LogP contribution in [-0.4, -0.2) is 33.1 Å². The van der Waals surface area contributed by atoms with E-state index < -0.39 is 5.82 Å². The topological polar surface area (TPSA) is 95.1 Å². The Bertz CT molecular complexity index is 950. The number of rotatable bonds is 7. The highest BCUT2D eigenvalue weighted by Crippen LogP contribution is 2.20. The number of nitrogens with one attached hydrogen (secondary N) is 3. The van der Waals surface area contributed by atoms with E-state index in [1.807, 2.05) is 30.3 Å². The maximum atomic E-state index is 13.1. The van der Waals surface area contributed by atoms with Crippen molar-refractivity contribution in [2.45, 2.75) is 5.16 Å². The maximum Gasteiger partial charge on any atom is 0.240 e. The van der Waals surface area contributed by atoms with Crippen molar-refractivity contribution >= 4 is 47.1 Å². The molecule has 1 amide bonds. The molecule has 7 nitrogen and oxygen atoms in total. The van der Waals surface area contributed by atoms with Gasteiger partial charge < -0.3 is 5.32 Å². The molecule has 0 saturated carbocycles. The van der Waals surface area contributed by atoms with Gasteiger partial charge in [-0.2, -0.15) is 10.1 Å². The van der Waals surface area contributed by atoms with Gasteiger partial charge in [-0.15, -0.1) is 5.10 Å². The number of anilines is 2. The Morgan fingerprint density at radius 1 is 1.30 bits per heavy atom. The monoisotopic (exact) mass is 404 g/mol. The first kappa shape index (κ1) is 18.9. The third-order valence-corrected chi connectivity index (χ3v) is 4.32. The van der Waals surface area contributed by atoms with E-state index in [2.05, 4.69) is 31.0 Å². The SMILES string of the molecule is O=C(CSc1n[nH]c(N/N=C\c2ccccc2)n1)Nc1ccc(F)c(Cl)c1. The summed E-state index contributed by atoms with van der Waals surface area (Å²) in [6.07, 6.45) is 1.65. The molecule has 1 aromatic heterocycles. The molecule has 0 atom stereocenters. The van der Waals surface area contributed by atoms with Crippen molar-refractivity contribution in [2.24, 2.45) is 5.10 Å². The molecular formula is C17H14ClFN6OS. The average molecular weight is 405 g/mol. The number of H-pyrrole nitrogens is 1. The normalized spacial score (nSPS) is 10.9. The summed E-state index contributed by atoms with van der Waals surface area (Å²) in [7, 11) is 0. The van der Waals surface area contributed by atoms with Crippen LogP contribution in [0.5, 0.6) is 0 Å². The lowest BCUT2D eigenvalue weighted by Crippen LogP contribution is -2.14. The van der Waals surface area contributed by atoms with Crippen molar-refractivity contribution in [1.29, 1.82) is 0 Å². The molecule has 1 heterocycles. The Morgan fingerprint density at radius 3 is 2.89 bits per heavy atom. The third-order valence-electron chi connectivity index (χ3n) is 3.18. The number of thioether (sulfide) groups is 1. The van der Waals surface area contributed by atoms with Crippen LogP contribution in [0, 0.1) is 5.82 Å². The van der Waals surface area contributed by atoms with Crippen molar-refractivity contribution in [3.05, 3.63) is 64.9 Å². The van der Waals surface area contributed by atoms with E-state index in [4.69, 9.17) is 11.6 Å². The molecule has 0 spiro atoms. The summed E-state index contributed by atoms with van der Waals surface area (Å²) >= 11 is 6.82. The second kappa shape index (κ2) is 9.15. The molecule has 27 heavy (non-hydrogen) atoms. The van der Waals surface area contributed by atoms with Gasteiger partial charge in [-0.25, -0.2) is 14.9 Å². The lowest BCUT2D eigenvalue weighted by molar-refractivity contribution is -0.113. The van der Waals surface area contributed by atoms with Gasteiger partial charge in [0.15, 0.2) is 0 Å². The predicted molar refractivity (Wildman–Crippen MR) is 105 cm³/mol. The van der Waals surface area contributed by atoms with Gasteiger partial charge in [0, 0.05) is 5.69 Å². The zero-order chi connectivity index (χ0) is 19.1. The molecular weight excluding hydrogens is 391 g/mol. The molecule has 10 heteroatoms. The zero-order valence-corrected chi connectivity index (χ0v) is 15.4. The minimum Gasteiger partial charge on any atom is -0.325 e. The second-order valence-electron chi connectivity index (χ2n) is 5.21. The van der Waals surface area contributed by atoms with E-state index in [1.54, 1.807) is 6.21 Å². The summed E-state index contributed by atoms with van der Waals surface area (Å²) in [6.45, 7) is 0. The molecule has 0 radical (unpaired) electrons. The zero-order valence-electron chi connectivity index (χ0n) is 13.8. The quantitative estimate of drug-likeness (QED) is 0.316. The van der Waals surface area contributed by atoms with E-state index in [0.29, 0.717) is 16.8 Å². The number of benzene rings is 2. The Balaban J connectivity index is 1.46. The Morgan fingerprint density at radius 2 is 2.11 bits per heavy atom. The van der Waals surface area contributed by atoms with Gasteiger partial charge in [0.05, 0.1) is 17.0 Å². The highest BCUT2D eigenvalue weighted by Gasteiger charge is 2.09. The molecule has 3 aromatic rings. The van der Waals surface area contributed by atoms with Gasteiger partial charge in [0.25, 0.3) is 0 Å².